The lowest BCUT2D eigenvalue weighted by atomic mass is 9.99. The molecule has 37 heavy (non-hydrogen) atoms. The summed E-state index contributed by atoms with van der Waals surface area (Å²) in [5, 5.41) is 21.4. The van der Waals surface area contributed by atoms with Crippen LogP contribution in [0.3, 0.4) is 0 Å². The zero-order valence-corrected chi connectivity index (χ0v) is 20.6. The summed E-state index contributed by atoms with van der Waals surface area (Å²) in [6.45, 7) is -0.402. The second kappa shape index (κ2) is 12.5. The average Bonchev–Trinajstić information content (AvgIpc) is 2.88. The smallest absolute Gasteiger partial charge is 0.410 e. The third-order valence-corrected chi connectivity index (χ3v) is 5.86. The van der Waals surface area contributed by atoms with Crippen molar-refractivity contribution in [3.8, 4) is 11.1 Å². The monoisotopic (exact) mass is 524 g/mol. The lowest BCUT2D eigenvalue weighted by Crippen LogP contribution is -2.42. The largest absolute Gasteiger partial charge is 0.480 e. The topological polar surface area (TPSA) is 133 Å². The number of nitrogens with zero attached hydrogens (tertiary/aromatic N) is 1. The summed E-state index contributed by atoms with van der Waals surface area (Å²) < 4.78 is 4.64. The van der Waals surface area contributed by atoms with Crippen LogP contribution in [0.1, 0.15) is 21.5 Å². The fourth-order valence-corrected chi connectivity index (χ4v) is 3.87. The van der Waals surface area contributed by atoms with Gasteiger partial charge in [-0.3, -0.25) is 14.5 Å². The van der Waals surface area contributed by atoms with E-state index in [1.54, 1.807) is 42.5 Å². The van der Waals surface area contributed by atoms with E-state index in [-0.39, 0.29) is 23.6 Å². The number of carbonyl (C=O) groups excluding carboxylic acids is 2. The van der Waals surface area contributed by atoms with Crippen LogP contribution in [0.15, 0.2) is 72.8 Å². The number of rotatable bonds is 10. The standard InChI is InChI=1S/C27H25ClN2O7/c1-37-27(36)30(16-24(31)32)15-18-8-12-20(13-9-18)19-10-6-17(7-11-19)14-23(26(34)35)29-25(33)21-4-2-3-5-22(21)28/h2-13,23H,14-16H2,1H3,(H,29,33)(H,31,32)(H,34,35). The van der Waals surface area contributed by atoms with Crippen LogP contribution >= 0.6 is 11.6 Å². The molecule has 192 valence electrons. The first-order valence-electron chi connectivity index (χ1n) is 11.2. The third-order valence-electron chi connectivity index (χ3n) is 5.54. The number of carboxylic acids is 2. The van der Waals surface area contributed by atoms with Gasteiger partial charge < -0.3 is 20.3 Å². The maximum Gasteiger partial charge on any atom is 0.410 e. The molecule has 0 aromatic heterocycles. The minimum Gasteiger partial charge on any atom is -0.480 e. The van der Waals surface area contributed by atoms with E-state index in [0.29, 0.717) is 0 Å². The Morgan fingerprint density at radius 1 is 0.892 bits per heavy atom. The van der Waals surface area contributed by atoms with E-state index in [1.165, 1.54) is 13.2 Å². The van der Waals surface area contributed by atoms with E-state index in [4.69, 9.17) is 16.7 Å². The van der Waals surface area contributed by atoms with Crippen LogP contribution in [0.4, 0.5) is 4.79 Å². The number of carbonyl (C=O) groups is 4. The molecule has 2 amide bonds. The van der Waals surface area contributed by atoms with Crippen molar-refractivity contribution in [2.75, 3.05) is 13.7 Å². The lowest BCUT2D eigenvalue weighted by molar-refractivity contribution is -0.139. The SMILES string of the molecule is COC(=O)N(CC(=O)O)Cc1ccc(-c2ccc(CC(NC(=O)c3ccccc3Cl)C(=O)O)cc2)cc1. The number of hydrogen-bond donors (Lipinski definition) is 3. The van der Waals surface area contributed by atoms with Gasteiger partial charge in [-0.15, -0.1) is 0 Å². The predicted octanol–water partition coefficient (Wildman–Crippen LogP) is 4.09. The first-order valence-corrected chi connectivity index (χ1v) is 11.6. The van der Waals surface area contributed by atoms with E-state index >= 15 is 0 Å². The summed E-state index contributed by atoms with van der Waals surface area (Å²) >= 11 is 6.04. The number of benzene rings is 3. The Balaban J connectivity index is 1.67. The number of aliphatic carboxylic acids is 2. The van der Waals surface area contributed by atoms with Gasteiger partial charge in [0.1, 0.15) is 12.6 Å². The summed E-state index contributed by atoms with van der Waals surface area (Å²) in [6.07, 6.45) is -0.651. The van der Waals surface area contributed by atoms with Crippen LogP contribution in [-0.4, -0.2) is 58.7 Å². The molecular formula is C27H25ClN2O7. The van der Waals surface area contributed by atoms with Gasteiger partial charge in [0.2, 0.25) is 0 Å². The van der Waals surface area contributed by atoms with Crippen molar-refractivity contribution >= 4 is 35.5 Å². The third kappa shape index (κ3) is 7.55. The number of methoxy groups -OCH3 is 1. The van der Waals surface area contributed by atoms with E-state index < -0.39 is 36.5 Å². The molecule has 3 N–H and O–H groups in total. The summed E-state index contributed by atoms with van der Waals surface area (Å²) in [4.78, 5) is 48.2. The number of ether oxygens (including phenoxy) is 1. The van der Waals surface area contributed by atoms with Crippen LogP contribution in [0, 0.1) is 0 Å². The van der Waals surface area contributed by atoms with Gasteiger partial charge in [-0.25, -0.2) is 9.59 Å². The normalized spacial score (nSPS) is 11.3. The van der Waals surface area contributed by atoms with Crippen molar-refractivity contribution in [1.82, 2.24) is 10.2 Å². The maximum absolute atomic E-state index is 12.5. The number of hydrogen-bond acceptors (Lipinski definition) is 5. The molecular weight excluding hydrogens is 500 g/mol. The van der Waals surface area contributed by atoms with Gasteiger partial charge in [0.05, 0.1) is 17.7 Å². The van der Waals surface area contributed by atoms with Crippen molar-refractivity contribution in [2.45, 2.75) is 19.0 Å². The molecule has 0 spiro atoms. The second-order valence-corrected chi connectivity index (χ2v) is 8.57. The lowest BCUT2D eigenvalue weighted by Gasteiger charge is -2.19. The van der Waals surface area contributed by atoms with E-state index in [1.807, 2.05) is 24.3 Å². The summed E-state index contributed by atoms with van der Waals surface area (Å²) in [6, 6.07) is 19.8. The van der Waals surface area contributed by atoms with Crippen LogP contribution in [-0.2, 0) is 27.3 Å². The van der Waals surface area contributed by atoms with Crippen LogP contribution in [0.5, 0.6) is 0 Å². The van der Waals surface area contributed by atoms with E-state index in [0.717, 1.165) is 27.2 Å². The average molecular weight is 525 g/mol. The highest BCUT2D eigenvalue weighted by molar-refractivity contribution is 6.33. The van der Waals surface area contributed by atoms with Crippen molar-refractivity contribution in [2.24, 2.45) is 0 Å². The first kappa shape index (κ1) is 27.2. The summed E-state index contributed by atoms with van der Waals surface area (Å²) in [7, 11) is 1.19. The fourth-order valence-electron chi connectivity index (χ4n) is 3.65. The van der Waals surface area contributed by atoms with Crippen LogP contribution < -0.4 is 5.32 Å². The molecule has 0 heterocycles. The maximum atomic E-state index is 12.5. The number of amides is 2. The molecule has 3 aromatic carbocycles. The Morgan fingerprint density at radius 2 is 1.46 bits per heavy atom. The van der Waals surface area contributed by atoms with Gasteiger partial charge in [0.15, 0.2) is 0 Å². The quantitative estimate of drug-likeness (QED) is 0.364. The minimum atomic E-state index is -1.16. The Morgan fingerprint density at radius 3 is 1.97 bits per heavy atom. The number of carboxylic acid groups (broad SMARTS) is 2. The Bertz CT molecular complexity index is 1280. The highest BCUT2D eigenvalue weighted by Gasteiger charge is 2.22. The molecule has 3 aromatic rings. The first-order chi connectivity index (χ1) is 17.7. The number of halogens is 1. The molecule has 0 radical (unpaired) electrons. The molecule has 1 unspecified atom stereocenters. The Kier molecular flexibility index (Phi) is 9.23. The Hall–Kier alpha value is -4.37. The molecule has 9 nitrogen and oxygen atoms in total. The molecule has 3 rings (SSSR count). The minimum absolute atomic E-state index is 0.0781. The molecule has 1 atom stereocenters. The molecule has 0 aliphatic heterocycles. The fraction of sp³-hybridized carbons (Fsp3) is 0.185. The van der Waals surface area contributed by atoms with Gasteiger partial charge in [0, 0.05) is 13.0 Å². The van der Waals surface area contributed by atoms with Crippen LogP contribution in [0.2, 0.25) is 5.02 Å². The van der Waals surface area contributed by atoms with E-state index in [9.17, 15) is 24.3 Å². The molecule has 0 bridgehead atoms. The van der Waals surface area contributed by atoms with Gasteiger partial charge >= 0.3 is 18.0 Å². The van der Waals surface area contributed by atoms with Crippen molar-refractivity contribution in [3.63, 3.8) is 0 Å². The van der Waals surface area contributed by atoms with Crippen LogP contribution in [0.25, 0.3) is 11.1 Å². The van der Waals surface area contributed by atoms with Gasteiger partial charge in [-0.05, 0) is 34.4 Å². The summed E-state index contributed by atoms with van der Waals surface area (Å²) in [5.41, 5.74) is 3.39. The molecule has 0 saturated heterocycles. The van der Waals surface area contributed by atoms with Crippen molar-refractivity contribution in [3.05, 3.63) is 94.5 Å². The van der Waals surface area contributed by atoms with Gasteiger partial charge in [-0.2, -0.15) is 0 Å². The zero-order chi connectivity index (χ0) is 26.9. The van der Waals surface area contributed by atoms with Gasteiger partial charge in [-0.1, -0.05) is 72.3 Å². The molecule has 10 heteroatoms. The Labute approximate surface area is 218 Å². The predicted molar refractivity (Wildman–Crippen MR) is 136 cm³/mol. The van der Waals surface area contributed by atoms with E-state index in [2.05, 4.69) is 10.1 Å². The second-order valence-electron chi connectivity index (χ2n) is 8.16. The molecule has 0 aliphatic rings. The molecule has 0 saturated carbocycles. The molecule has 0 aliphatic carbocycles. The van der Waals surface area contributed by atoms with Crippen molar-refractivity contribution < 1.29 is 34.1 Å². The highest BCUT2D eigenvalue weighted by atomic mass is 35.5. The van der Waals surface area contributed by atoms with Gasteiger partial charge in [0.25, 0.3) is 5.91 Å². The molecule has 0 fully saturated rings. The zero-order valence-electron chi connectivity index (χ0n) is 19.9. The highest BCUT2D eigenvalue weighted by Crippen LogP contribution is 2.22. The number of nitrogens with one attached hydrogen (secondary N) is 1. The summed E-state index contributed by atoms with van der Waals surface area (Å²) in [5.74, 6) is -2.87. The van der Waals surface area contributed by atoms with Crippen molar-refractivity contribution in [1.29, 1.82) is 0 Å².